The lowest BCUT2D eigenvalue weighted by Crippen LogP contribution is -2.26. The molecule has 1 N–H and O–H groups in total. The van der Waals surface area contributed by atoms with Crippen molar-refractivity contribution >= 4 is 5.91 Å². The summed E-state index contributed by atoms with van der Waals surface area (Å²) in [5.41, 5.74) is 2.04. The molecular weight excluding hydrogens is 382 g/mol. The Labute approximate surface area is 177 Å². The van der Waals surface area contributed by atoms with Crippen LogP contribution in [0.15, 0.2) is 24.4 Å². The summed E-state index contributed by atoms with van der Waals surface area (Å²) in [6, 6.07) is 5.71. The Hall–Kier alpha value is -2.54. The summed E-state index contributed by atoms with van der Waals surface area (Å²) >= 11 is 0. The van der Waals surface area contributed by atoms with E-state index in [4.69, 9.17) is 14.2 Å². The Bertz CT molecular complexity index is 858. The molecule has 162 valence electrons. The summed E-state index contributed by atoms with van der Waals surface area (Å²) in [5.74, 6) is 1.31. The maximum atomic E-state index is 12.8. The molecule has 1 aliphatic heterocycles. The van der Waals surface area contributed by atoms with Crippen molar-refractivity contribution in [3.63, 3.8) is 0 Å². The van der Waals surface area contributed by atoms with Crippen molar-refractivity contribution in [2.75, 3.05) is 26.4 Å². The third-order valence-electron chi connectivity index (χ3n) is 5.61. The minimum absolute atomic E-state index is 0.122. The summed E-state index contributed by atoms with van der Waals surface area (Å²) < 4.78 is 19.1. The average molecular weight is 414 g/mol. The van der Waals surface area contributed by atoms with E-state index < -0.39 is 0 Å². The number of rotatable bonds is 7. The molecule has 0 atom stereocenters. The Morgan fingerprint density at radius 3 is 2.80 bits per heavy atom. The molecular formula is C23H31N3O4. The first-order valence-electron chi connectivity index (χ1n) is 11.0. The number of nitrogens with one attached hydrogen (secondary N) is 1. The van der Waals surface area contributed by atoms with Crippen molar-refractivity contribution in [3.05, 3.63) is 30.0 Å². The van der Waals surface area contributed by atoms with Gasteiger partial charge in [0.15, 0.2) is 11.5 Å². The molecule has 30 heavy (non-hydrogen) atoms. The van der Waals surface area contributed by atoms with Gasteiger partial charge in [0.25, 0.3) is 5.91 Å². The number of carbonyl (C=O) groups excluding carboxylic acids is 1. The summed E-state index contributed by atoms with van der Waals surface area (Å²) in [5, 5.41) is 7.52. The van der Waals surface area contributed by atoms with Crippen LogP contribution in [0, 0.1) is 0 Å². The fraction of sp³-hybridized carbons (Fsp3) is 0.565. The predicted molar refractivity (Wildman–Crippen MR) is 114 cm³/mol. The second-order valence-electron chi connectivity index (χ2n) is 8.02. The molecule has 0 saturated heterocycles. The van der Waals surface area contributed by atoms with Gasteiger partial charge in [0, 0.05) is 38.4 Å². The molecule has 0 radical (unpaired) electrons. The largest absolute Gasteiger partial charge is 0.490 e. The number of hydrogen-bond acceptors (Lipinski definition) is 5. The minimum atomic E-state index is -0.122. The standard InChI is InChI=1S/C23H31N3O4/c1-26-16-19(23(27)24-11-5-12-28-18-7-3-2-4-8-18)22(25-26)17-9-10-20-21(15-17)30-14-6-13-29-20/h9-10,15-16,18H,2-8,11-14H2,1H3,(H,24,27). The van der Waals surface area contributed by atoms with Crippen molar-refractivity contribution in [1.82, 2.24) is 15.1 Å². The molecule has 2 aromatic rings. The molecule has 1 aromatic heterocycles. The molecule has 1 aliphatic carbocycles. The van der Waals surface area contributed by atoms with Crippen LogP contribution in [0.2, 0.25) is 0 Å². The molecule has 7 heteroatoms. The van der Waals surface area contributed by atoms with Crippen molar-refractivity contribution in [2.45, 2.75) is 51.0 Å². The van der Waals surface area contributed by atoms with Gasteiger partial charge in [0.2, 0.25) is 0 Å². The lowest BCUT2D eigenvalue weighted by atomic mass is 9.98. The molecule has 4 rings (SSSR count). The fourth-order valence-electron chi connectivity index (χ4n) is 4.03. The van der Waals surface area contributed by atoms with Gasteiger partial charge in [-0.15, -0.1) is 0 Å². The molecule has 1 saturated carbocycles. The number of ether oxygens (including phenoxy) is 3. The number of fused-ring (bicyclic) bond motifs is 1. The van der Waals surface area contributed by atoms with Gasteiger partial charge in [-0.25, -0.2) is 0 Å². The first kappa shape index (κ1) is 20.7. The number of carbonyl (C=O) groups is 1. The summed E-state index contributed by atoms with van der Waals surface area (Å²) in [6.07, 6.45) is 10.0. The molecule has 7 nitrogen and oxygen atoms in total. The lowest BCUT2D eigenvalue weighted by molar-refractivity contribution is 0.0273. The maximum Gasteiger partial charge on any atom is 0.255 e. The van der Waals surface area contributed by atoms with Gasteiger partial charge in [0.1, 0.15) is 5.69 Å². The Balaban J connectivity index is 1.35. The summed E-state index contributed by atoms with van der Waals surface area (Å²) in [4.78, 5) is 12.8. The molecule has 2 aliphatic rings. The van der Waals surface area contributed by atoms with E-state index in [0.717, 1.165) is 24.2 Å². The first-order valence-corrected chi connectivity index (χ1v) is 11.0. The number of aryl methyl sites for hydroxylation is 1. The molecule has 1 aromatic carbocycles. The van der Waals surface area contributed by atoms with E-state index in [0.29, 0.717) is 49.5 Å². The van der Waals surface area contributed by atoms with E-state index in [1.54, 1.807) is 10.9 Å². The van der Waals surface area contributed by atoms with Crippen molar-refractivity contribution in [2.24, 2.45) is 7.05 Å². The summed E-state index contributed by atoms with van der Waals surface area (Å²) in [6.45, 7) is 2.54. The zero-order valence-electron chi connectivity index (χ0n) is 17.7. The zero-order valence-corrected chi connectivity index (χ0v) is 17.7. The number of nitrogens with zero attached hydrogens (tertiary/aromatic N) is 2. The van der Waals surface area contributed by atoms with Crippen LogP contribution in [0.3, 0.4) is 0 Å². The van der Waals surface area contributed by atoms with E-state index in [1.807, 2.05) is 25.2 Å². The second kappa shape index (κ2) is 9.98. The monoisotopic (exact) mass is 413 g/mol. The molecule has 1 amide bonds. The van der Waals surface area contributed by atoms with Gasteiger partial charge < -0.3 is 19.5 Å². The highest BCUT2D eigenvalue weighted by Crippen LogP contribution is 2.34. The second-order valence-corrected chi connectivity index (χ2v) is 8.02. The van der Waals surface area contributed by atoms with Crippen LogP contribution in [0.1, 0.15) is 55.3 Å². The van der Waals surface area contributed by atoms with Crippen LogP contribution in [0.25, 0.3) is 11.3 Å². The first-order chi connectivity index (χ1) is 14.7. The van der Waals surface area contributed by atoms with Crippen LogP contribution in [0.5, 0.6) is 11.5 Å². The third kappa shape index (κ3) is 5.14. The zero-order chi connectivity index (χ0) is 20.8. The maximum absolute atomic E-state index is 12.8. The average Bonchev–Trinajstić information content (AvgIpc) is 3.01. The van der Waals surface area contributed by atoms with E-state index >= 15 is 0 Å². The number of hydrogen-bond donors (Lipinski definition) is 1. The normalized spacial score (nSPS) is 16.8. The molecule has 2 heterocycles. The van der Waals surface area contributed by atoms with Gasteiger partial charge in [-0.05, 0) is 37.5 Å². The SMILES string of the molecule is Cn1cc(C(=O)NCCCOC2CCCCC2)c(-c2ccc3c(c2)OCCCO3)n1. The smallest absolute Gasteiger partial charge is 0.255 e. The third-order valence-corrected chi connectivity index (χ3v) is 5.61. The highest BCUT2D eigenvalue weighted by Gasteiger charge is 2.20. The van der Waals surface area contributed by atoms with Crippen LogP contribution in [0.4, 0.5) is 0 Å². The van der Waals surface area contributed by atoms with Crippen LogP contribution in [-0.2, 0) is 11.8 Å². The van der Waals surface area contributed by atoms with Gasteiger partial charge in [-0.1, -0.05) is 19.3 Å². The van der Waals surface area contributed by atoms with E-state index in [9.17, 15) is 4.79 Å². The fourth-order valence-corrected chi connectivity index (χ4v) is 4.03. The van der Waals surface area contributed by atoms with Gasteiger partial charge >= 0.3 is 0 Å². The van der Waals surface area contributed by atoms with Gasteiger partial charge in [0.05, 0.1) is 24.9 Å². The summed E-state index contributed by atoms with van der Waals surface area (Å²) in [7, 11) is 1.82. The highest BCUT2D eigenvalue weighted by molar-refractivity contribution is 5.99. The Kier molecular flexibility index (Phi) is 6.89. The topological polar surface area (TPSA) is 74.6 Å². The number of benzene rings is 1. The van der Waals surface area contributed by atoms with Crippen molar-refractivity contribution in [3.8, 4) is 22.8 Å². The van der Waals surface area contributed by atoms with Crippen molar-refractivity contribution in [1.29, 1.82) is 0 Å². The number of amides is 1. The molecule has 0 spiro atoms. The molecule has 0 unspecified atom stereocenters. The predicted octanol–water partition coefficient (Wildman–Crippen LogP) is 3.72. The lowest BCUT2D eigenvalue weighted by Gasteiger charge is -2.21. The molecule has 1 fully saturated rings. The van der Waals surface area contributed by atoms with Gasteiger partial charge in [-0.3, -0.25) is 9.48 Å². The Morgan fingerprint density at radius 2 is 1.97 bits per heavy atom. The van der Waals surface area contributed by atoms with E-state index in [-0.39, 0.29) is 5.91 Å². The number of aromatic nitrogens is 2. The van der Waals surface area contributed by atoms with Crippen LogP contribution < -0.4 is 14.8 Å². The van der Waals surface area contributed by atoms with E-state index in [2.05, 4.69) is 10.4 Å². The molecule has 0 bridgehead atoms. The van der Waals surface area contributed by atoms with Crippen LogP contribution in [-0.4, -0.2) is 48.2 Å². The quantitative estimate of drug-likeness (QED) is 0.701. The van der Waals surface area contributed by atoms with E-state index in [1.165, 1.54) is 32.1 Å². The Morgan fingerprint density at radius 1 is 1.17 bits per heavy atom. The minimum Gasteiger partial charge on any atom is -0.490 e. The van der Waals surface area contributed by atoms with Gasteiger partial charge in [-0.2, -0.15) is 5.10 Å². The van der Waals surface area contributed by atoms with Crippen LogP contribution >= 0.6 is 0 Å². The highest BCUT2D eigenvalue weighted by atomic mass is 16.5. The van der Waals surface area contributed by atoms with Crippen molar-refractivity contribution < 1.29 is 19.0 Å².